The molecule has 0 amide bonds. The number of ether oxygens (including phenoxy) is 1. The Morgan fingerprint density at radius 3 is 2.38 bits per heavy atom. The van der Waals surface area contributed by atoms with Gasteiger partial charge in [0.25, 0.3) is 0 Å². The molecule has 0 aliphatic heterocycles. The zero-order valence-electron chi connectivity index (χ0n) is 6.79. The molecule has 13 heavy (non-hydrogen) atoms. The summed E-state index contributed by atoms with van der Waals surface area (Å²) in [6.45, 7) is 0. The van der Waals surface area contributed by atoms with Crippen LogP contribution >= 0.6 is 0 Å². The molecule has 2 N–H and O–H groups in total. The summed E-state index contributed by atoms with van der Waals surface area (Å²) in [6.07, 6.45) is 0. The average molecular weight is 188 g/mol. The molecule has 1 aromatic carbocycles. The van der Waals surface area contributed by atoms with Gasteiger partial charge in [-0.3, -0.25) is 0 Å². The van der Waals surface area contributed by atoms with E-state index in [1.807, 2.05) is 0 Å². The lowest BCUT2D eigenvalue weighted by Crippen LogP contribution is -2.33. The second-order valence-corrected chi connectivity index (χ2v) is 2.39. The first-order valence-corrected chi connectivity index (χ1v) is 3.45. The molecule has 0 unspecified atom stereocenters. The van der Waals surface area contributed by atoms with Crippen molar-refractivity contribution in [3.8, 4) is 5.75 Å². The van der Waals surface area contributed by atoms with Gasteiger partial charge in [-0.05, 0) is 6.07 Å². The topological polar surface area (TPSA) is 49.7 Å². The highest BCUT2D eigenvalue weighted by molar-refractivity contribution is 6.58. The van der Waals surface area contributed by atoms with E-state index >= 15 is 0 Å². The van der Waals surface area contributed by atoms with Crippen LogP contribution < -0.4 is 10.2 Å². The minimum absolute atomic E-state index is 0.0296. The normalized spacial score (nSPS) is 9.92. The molecule has 0 saturated heterocycles. The monoisotopic (exact) mass is 188 g/mol. The number of hydrogen-bond donors (Lipinski definition) is 2. The molecular weight excluding hydrogens is 181 g/mol. The van der Waals surface area contributed by atoms with Gasteiger partial charge in [-0.15, -0.1) is 0 Å². The molecule has 0 heterocycles. The fourth-order valence-corrected chi connectivity index (χ4v) is 0.890. The van der Waals surface area contributed by atoms with E-state index in [0.717, 1.165) is 12.1 Å². The minimum Gasteiger partial charge on any atom is -0.497 e. The van der Waals surface area contributed by atoms with Crippen molar-refractivity contribution in [2.24, 2.45) is 0 Å². The van der Waals surface area contributed by atoms with Gasteiger partial charge >= 0.3 is 7.12 Å². The molecule has 3 nitrogen and oxygen atoms in total. The minimum atomic E-state index is -2.05. The lowest BCUT2D eigenvalue weighted by atomic mass is 9.79. The molecule has 0 fully saturated rings. The molecule has 0 aliphatic carbocycles. The van der Waals surface area contributed by atoms with Crippen LogP contribution in [0.15, 0.2) is 12.1 Å². The molecule has 0 aliphatic rings. The highest BCUT2D eigenvalue weighted by atomic mass is 19.2. The highest BCUT2D eigenvalue weighted by Crippen LogP contribution is 2.13. The Kier molecular flexibility index (Phi) is 2.85. The summed E-state index contributed by atoms with van der Waals surface area (Å²) in [5.41, 5.74) is -0.545. The molecule has 6 heteroatoms. The van der Waals surface area contributed by atoms with E-state index in [4.69, 9.17) is 10.0 Å². The first-order chi connectivity index (χ1) is 6.06. The number of rotatable bonds is 2. The van der Waals surface area contributed by atoms with Gasteiger partial charge in [0.1, 0.15) is 5.75 Å². The van der Waals surface area contributed by atoms with Crippen LogP contribution in [0.25, 0.3) is 0 Å². The zero-order valence-corrected chi connectivity index (χ0v) is 6.79. The van der Waals surface area contributed by atoms with Crippen LogP contribution in [0.2, 0.25) is 0 Å². The highest BCUT2D eigenvalue weighted by Gasteiger charge is 2.20. The van der Waals surface area contributed by atoms with E-state index in [9.17, 15) is 8.78 Å². The van der Waals surface area contributed by atoms with Crippen molar-refractivity contribution in [2.45, 2.75) is 0 Å². The largest absolute Gasteiger partial charge is 0.497 e. The summed E-state index contributed by atoms with van der Waals surface area (Å²) in [5, 5.41) is 17.3. The third-order valence-corrected chi connectivity index (χ3v) is 1.54. The summed E-state index contributed by atoms with van der Waals surface area (Å²) in [5.74, 6) is -2.43. The Labute approximate surface area is 73.7 Å². The second-order valence-electron chi connectivity index (χ2n) is 2.39. The van der Waals surface area contributed by atoms with Gasteiger partial charge in [-0.1, -0.05) is 0 Å². The smallest absolute Gasteiger partial charge is 0.491 e. The van der Waals surface area contributed by atoms with Crippen LogP contribution in [-0.4, -0.2) is 24.3 Å². The van der Waals surface area contributed by atoms with Gasteiger partial charge in [0.2, 0.25) is 0 Å². The van der Waals surface area contributed by atoms with Crippen LogP contribution in [0.1, 0.15) is 0 Å². The molecule has 0 bridgehead atoms. The third kappa shape index (κ3) is 1.96. The van der Waals surface area contributed by atoms with Gasteiger partial charge in [0.05, 0.1) is 7.11 Å². The molecule has 0 atom stereocenters. The van der Waals surface area contributed by atoms with Crippen molar-refractivity contribution in [1.82, 2.24) is 0 Å². The van der Waals surface area contributed by atoms with Crippen molar-refractivity contribution in [1.29, 1.82) is 0 Å². The zero-order chi connectivity index (χ0) is 10.0. The molecule has 0 spiro atoms. The second kappa shape index (κ2) is 3.72. The van der Waals surface area contributed by atoms with E-state index in [1.54, 1.807) is 0 Å². The van der Waals surface area contributed by atoms with Gasteiger partial charge < -0.3 is 14.8 Å². The molecule has 0 radical (unpaired) electrons. The number of halogens is 2. The van der Waals surface area contributed by atoms with E-state index in [-0.39, 0.29) is 5.75 Å². The van der Waals surface area contributed by atoms with Crippen LogP contribution in [0.5, 0.6) is 5.75 Å². The lowest BCUT2D eigenvalue weighted by molar-refractivity contribution is 0.401. The van der Waals surface area contributed by atoms with Crippen molar-refractivity contribution in [3.05, 3.63) is 23.8 Å². The van der Waals surface area contributed by atoms with Gasteiger partial charge in [0, 0.05) is 11.5 Å². The van der Waals surface area contributed by atoms with E-state index in [1.165, 1.54) is 7.11 Å². The summed E-state index contributed by atoms with van der Waals surface area (Å²) >= 11 is 0. The molecule has 1 aromatic rings. The SMILES string of the molecule is COc1cc(F)c(F)c(B(O)O)c1. The van der Waals surface area contributed by atoms with Gasteiger partial charge in [-0.2, -0.15) is 0 Å². The van der Waals surface area contributed by atoms with Crippen LogP contribution in [0.3, 0.4) is 0 Å². The van der Waals surface area contributed by atoms with Crippen molar-refractivity contribution in [3.63, 3.8) is 0 Å². The van der Waals surface area contributed by atoms with Crippen LogP contribution in [0, 0.1) is 11.6 Å². The maximum absolute atomic E-state index is 12.8. The maximum Gasteiger partial charge on any atom is 0.491 e. The maximum atomic E-state index is 12.8. The van der Waals surface area contributed by atoms with E-state index in [2.05, 4.69) is 4.74 Å². The van der Waals surface area contributed by atoms with Crippen LogP contribution in [0.4, 0.5) is 8.78 Å². The number of hydrogen-bond acceptors (Lipinski definition) is 3. The van der Waals surface area contributed by atoms with Crippen molar-refractivity contribution < 1.29 is 23.6 Å². The Hall–Kier alpha value is -1.14. The fourth-order valence-electron chi connectivity index (χ4n) is 0.890. The third-order valence-electron chi connectivity index (χ3n) is 1.54. The Morgan fingerprint density at radius 1 is 1.31 bits per heavy atom. The number of methoxy groups -OCH3 is 1. The standard InChI is InChI=1S/C7H7BF2O3/c1-13-4-2-5(8(11)12)7(10)6(9)3-4/h2-3,11-12H,1H3. The quantitative estimate of drug-likeness (QED) is 0.623. The molecule has 0 saturated carbocycles. The predicted octanol–water partition coefficient (Wildman–Crippen LogP) is -0.347. The van der Waals surface area contributed by atoms with Gasteiger partial charge in [-0.25, -0.2) is 8.78 Å². The van der Waals surface area contributed by atoms with Crippen LogP contribution in [-0.2, 0) is 0 Å². The molecule has 0 aromatic heterocycles. The average Bonchev–Trinajstić information content (AvgIpc) is 2.09. The summed E-state index contributed by atoms with van der Waals surface area (Å²) < 4.78 is 30.1. The lowest BCUT2D eigenvalue weighted by Gasteiger charge is -2.05. The first-order valence-electron chi connectivity index (χ1n) is 3.45. The number of benzene rings is 1. The Morgan fingerprint density at radius 2 is 1.92 bits per heavy atom. The molecule has 1 rings (SSSR count). The van der Waals surface area contributed by atoms with Gasteiger partial charge in [0.15, 0.2) is 11.6 Å². The summed E-state index contributed by atoms with van der Waals surface area (Å²) in [6, 6.07) is 1.84. The van der Waals surface area contributed by atoms with Crippen molar-refractivity contribution in [2.75, 3.05) is 7.11 Å². The Balaban J connectivity index is 3.25. The van der Waals surface area contributed by atoms with E-state index < -0.39 is 24.2 Å². The fraction of sp³-hybridized carbons (Fsp3) is 0.143. The predicted molar refractivity (Wildman–Crippen MR) is 42.7 cm³/mol. The van der Waals surface area contributed by atoms with Crippen molar-refractivity contribution >= 4 is 12.6 Å². The van der Waals surface area contributed by atoms with E-state index in [0.29, 0.717) is 0 Å². The Bertz CT molecular complexity index is 317. The summed E-state index contributed by atoms with van der Waals surface area (Å²) in [4.78, 5) is 0. The molecular formula is C7H7BF2O3. The summed E-state index contributed by atoms with van der Waals surface area (Å²) in [7, 11) is -0.787. The first kappa shape index (κ1) is 9.95. The molecule has 70 valence electrons.